The van der Waals surface area contributed by atoms with Gasteiger partial charge in [0.2, 0.25) is 0 Å². The number of hydrogen-bond acceptors (Lipinski definition) is 3. The van der Waals surface area contributed by atoms with Crippen LogP contribution in [0.2, 0.25) is 0 Å². The minimum absolute atomic E-state index is 0.0120. The lowest BCUT2D eigenvalue weighted by molar-refractivity contribution is 0.281. The van der Waals surface area contributed by atoms with Gasteiger partial charge in [0.15, 0.2) is 0 Å². The van der Waals surface area contributed by atoms with Crippen LogP contribution in [0, 0.1) is 0 Å². The zero-order valence-corrected chi connectivity index (χ0v) is 12.6. The number of aliphatic hydroxyl groups is 1. The summed E-state index contributed by atoms with van der Waals surface area (Å²) in [5.41, 5.74) is 1.93. The Balaban J connectivity index is 2.96. The molecule has 1 rings (SSSR count). The van der Waals surface area contributed by atoms with E-state index in [0.717, 1.165) is 36.5 Å². The predicted octanol–water partition coefficient (Wildman–Crippen LogP) is 3.27. The second-order valence-corrected chi connectivity index (χ2v) is 5.98. The molecule has 1 aromatic heterocycles. The van der Waals surface area contributed by atoms with E-state index in [1.54, 1.807) is 0 Å². The van der Waals surface area contributed by atoms with Gasteiger partial charge in [-0.05, 0) is 30.5 Å². The van der Waals surface area contributed by atoms with E-state index in [4.69, 9.17) is 4.98 Å². The number of aliphatic hydroxyl groups excluding tert-OH is 1. The van der Waals surface area contributed by atoms with Crippen LogP contribution >= 0.6 is 0 Å². The molecule has 1 heterocycles. The number of pyridine rings is 1. The second-order valence-electron chi connectivity index (χ2n) is 5.98. The lowest BCUT2D eigenvalue weighted by Crippen LogP contribution is -2.22. The van der Waals surface area contributed by atoms with Crippen molar-refractivity contribution in [2.75, 3.05) is 18.5 Å². The predicted molar refractivity (Wildman–Crippen MR) is 81.6 cm³/mol. The van der Waals surface area contributed by atoms with E-state index >= 15 is 0 Å². The molecule has 0 saturated carbocycles. The molecule has 3 nitrogen and oxygen atoms in total. The van der Waals surface area contributed by atoms with Crippen molar-refractivity contribution in [3.8, 4) is 0 Å². The highest BCUT2D eigenvalue weighted by atomic mass is 16.3. The van der Waals surface area contributed by atoms with Crippen molar-refractivity contribution in [2.45, 2.75) is 45.6 Å². The van der Waals surface area contributed by atoms with Crippen LogP contribution < -0.4 is 4.90 Å². The molecule has 0 spiro atoms. The van der Waals surface area contributed by atoms with Crippen LogP contribution in [0.4, 0.5) is 5.82 Å². The summed E-state index contributed by atoms with van der Waals surface area (Å²) in [5.74, 6) is 0.931. The first kappa shape index (κ1) is 15.7. The number of allylic oxidation sites excluding steroid dienone is 1. The Hall–Kier alpha value is -1.35. The molecule has 1 N–H and O–H groups in total. The molecule has 0 unspecified atom stereocenters. The smallest absolute Gasteiger partial charge is 0.128 e. The van der Waals surface area contributed by atoms with Gasteiger partial charge in [-0.25, -0.2) is 4.98 Å². The number of unbranched alkanes of at least 4 members (excludes halogenated alkanes) is 1. The molecule has 0 radical (unpaired) electrons. The van der Waals surface area contributed by atoms with Gasteiger partial charge in [0.05, 0.1) is 6.61 Å². The van der Waals surface area contributed by atoms with Crippen LogP contribution in [0.25, 0.3) is 0 Å². The van der Waals surface area contributed by atoms with Gasteiger partial charge < -0.3 is 10.0 Å². The van der Waals surface area contributed by atoms with Crippen LogP contribution in [-0.4, -0.2) is 23.7 Å². The molecule has 0 aliphatic carbocycles. The summed E-state index contributed by atoms with van der Waals surface area (Å²) in [6, 6.07) is 3.95. The highest BCUT2D eigenvalue weighted by molar-refractivity contribution is 5.43. The fourth-order valence-electron chi connectivity index (χ4n) is 1.83. The quantitative estimate of drug-likeness (QED) is 0.631. The van der Waals surface area contributed by atoms with Gasteiger partial charge in [0.25, 0.3) is 0 Å². The van der Waals surface area contributed by atoms with E-state index in [2.05, 4.69) is 32.3 Å². The molecule has 0 fully saturated rings. The molecule has 1 aromatic rings. The van der Waals surface area contributed by atoms with Gasteiger partial charge in [-0.1, -0.05) is 26.8 Å². The van der Waals surface area contributed by atoms with E-state index in [0.29, 0.717) is 0 Å². The zero-order chi connectivity index (χ0) is 14.5. The fraction of sp³-hybridized carbons (Fsp3) is 0.562. The summed E-state index contributed by atoms with van der Waals surface area (Å²) >= 11 is 0. The van der Waals surface area contributed by atoms with E-state index in [1.807, 2.05) is 25.3 Å². The van der Waals surface area contributed by atoms with Gasteiger partial charge in [0, 0.05) is 24.7 Å². The molecule has 19 heavy (non-hydrogen) atoms. The maximum Gasteiger partial charge on any atom is 0.128 e. The topological polar surface area (TPSA) is 36.4 Å². The standard InChI is InChI=1S/C16H26N2O/c1-6-7-8-9-18(5)15-11-13(12-19)10-14(17-15)16(2,3)4/h6,10-11,19H,1,7-9,12H2,2-5H3. The van der Waals surface area contributed by atoms with Crippen molar-refractivity contribution in [1.29, 1.82) is 0 Å². The summed E-state index contributed by atoms with van der Waals surface area (Å²) in [6.07, 6.45) is 4.01. The van der Waals surface area contributed by atoms with Gasteiger partial charge in [-0.15, -0.1) is 6.58 Å². The third-order valence-electron chi connectivity index (χ3n) is 3.12. The Bertz CT molecular complexity index is 421. The Morgan fingerprint density at radius 3 is 2.58 bits per heavy atom. The van der Waals surface area contributed by atoms with E-state index in [-0.39, 0.29) is 12.0 Å². The first-order chi connectivity index (χ1) is 8.88. The van der Waals surface area contributed by atoms with Crippen LogP contribution in [-0.2, 0) is 12.0 Å². The monoisotopic (exact) mass is 262 g/mol. The highest BCUT2D eigenvalue weighted by Gasteiger charge is 2.18. The molecule has 106 valence electrons. The van der Waals surface area contributed by atoms with E-state index in [1.165, 1.54) is 0 Å². The molecule has 0 amide bonds. The third-order valence-corrected chi connectivity index (χ3v) is 3.12. The summed E-state index contributed by atoms with van der Waals surface area (Å²) in [6.45, 7) is 11.1. The molecule has 0 aliphatic heterocycles. The SMILES string of the molecule is C=CCCCN(C)c1cc(CO)cc(C(C)(C)C)n1. The fourth-order valence-corrected chi connectivity index (χ4v) is 1.83. The number of nitrogens with zero attached hydrogens (tertiary/aromatic N) is 2. The van der Waals surface area contributed by atoms with Crippen LogP contribution in [0.15, 0.2) is 24.8 Å². The van der Waals surface area contributed by atoms with Gasteiger partial charge in [-0.3, -0.25) is 0 Å². The summed E-state index contributed by atoms with van der Waals surface area (Å²) in [5, 5.41) is 9.39. The van der Waals surface area contributed by atoms with Gasteiger partial charge >= 0.3 is 0 Å². The molecule has 0 bridgehead atoms. The third kappa shape index (κ3) is 4.67. The molecule has 0 atom stereocenters. The molecule has 0 aliphatic rings. The average molecular weight is 262 g/mol. The Morgan fingerprint density at radius 2 is 2.05 bits per heavy atom. The number of hydrogen-bond donors (Lipinski definition) is 1. The average Bonchev–Trinajstić information content (AvgIpc) is 2.37. The first-order valence-electron chi connectivity index (χ1n) is 6.83. The van der Waals surface area contributed by atoms with E-state index < -0.39 is 0 Å². The Labute approximate surface area is 117 Å². The maximum atomic E-state index is 9.39. The van der Waals surface area contributed by atoms with Crippen molar-refractivity contribution in [1.82, 2.24) is 4.98 Å². The Morgan fingerprint density at radius 1 is 1.37 bits per heavy atom. The van der Waals surface area contributed by atoms with Crippen LogP contribution in [0.1, 0.15) is 44.9 Å². The van der Waals surface area contributed by atoms with Gasteiger partial charge in [0.1, 0.15) is 5.82 Å². The Kier molecular flexibility index (Phi) is 5.55. The maximum absolute atomic E-state index is 9.39. The lowest BCUT2D eigenvalue weighted by atomic mass is 9.91. The van der Waals surface area contributed by atoms with Crippen molar-refractivity contribution in [3.05, 3.63) is 36.0 Å². The molecular formula is C16H26N2O. The lowest BCUT2D eigenvalue weighted by Gasteiger charge is -2.24. The molecular weight excluding hydrogens is 236 g/mol. The first-order valence-corrected chi connectivity index (χ1v) is 6.83. The molecule has 3 heteroatoms. The number of anilines is 1. The number of rotatable bonds is 6. The normalized spacial score (nSPS) is 11.4. The molecule has 0 aromatic carbocycles. The van der Waals surface area contributed by atoms with Crippen LogP contribution in [0.3, 0.4) is 0 Å². The minimum Gasteiger partial charge on any atom is -0.392 e. The minimum atomic E-state index is -0.0120. The molecule has 0 saturated heterocycles. The van der Waals surface area contributed by atoms with Gasteiger partial charge in [-0.2, -0.15) is 0 Å². The summed E-state index contributed by atoms with van der Waals surface area (Å²) < 4.78 is 0. The second kappa shape index (κ2) is 6.71. The van der Waals surface area contributed by atoms with Crippen molar-refractivity contribution >= 4 is 5.82 Å². The van der Waals surface area contributed by atoms with Crippen molar-refractivity contribution in [2.24, 2.45) is 0 Å². The van der Waals surface area contributed by atoms with Crippen LogP contribution in [0.5, 0.6) is 0 Å². The highest BCUT2D eigenvalue weighted by Crippen LogP contribution is 2.24. The van der Waals surface area contributed by atoms with E-state index in [9.17, 15) is 5.11 Å². The van der Waals surface area contributed by atoms with Crippen molar-refractivity contribution in [3.63, 3.8) is 0 Å². The largest absolute Gasteiger partial charge is 0.392 e. The zero-order valence-electron chi connectivity index (χ0n) is 12.6. The summed E-state index contributed by atoms with van der Waals surface area (Å²) in [7, 11) is 2.04. The number of aromatic nitrogens is 1. The summed E-state index contributed by atoms with van der Waals surface area (Å²) in [4.78, 5) is 6.86. The van der Waals surface area contributed by atoms with Crippen molar-refractivity contribution < 1.29 is 5.11 Å².